The molecule has 0 spiro atoms. The van der Waals surface area contributed by atoms with E-state index in [2.05, 4.69) is 32.9 Å². The zero-order valence-electron chi connectivity index (χ0n) is 14.9. The van der Waals surface area contributed by atoms with Gasteiger partial charge in [0.25, 0.3) is 5.91 Å². The van der Waals surface area contributed by atoms with Crippen LogP contribution in [0.5, 0.6) is 0 Å². The molecule has 1 aromatic heterocycles. The Morgan fingerprint density at radius 1 is 1.00 bits per heavy atom. The fourth-order valence-electron chi connectivity index (χ4n) is 3.27. The summed E-state index contributed by atoms with van der Waals surface area (Å²) in [6.45, 7) is 1.98. The molecule has 1 aliphatic heterocycles. The lowest BCUT2D eigenvalue weighted by Gasteiger charge is -2.34. The highest BCUT2D eigenvalue weighted by atomic mass is 127. The summed E-state index contributed by atoms with van der Waals surface area (Å²) >= 11 is 8.22. The average molecular weight is 509 g/mol. The van der Waals surface area contributed by atoms with Crippen LogP contribution >= 0.6 is 34.2 Å². The van der Waals surface area contributed by atoms with Crippen molar-refractivity contribution in [3.63, 3.8) is 0 Å². The first-order valence-corrected chi connectivity index (χ1v) is 10.3. The summed E-state index contributed by atoms with van der Waals surface area (Å²) in [6, 6.07) is 14.8. The minimum atomic E-state index is -0.144. The summed E-state index contributed by atoms with van der Waals surface area (Å²) in [4.78, 5) is 31.9. The van der Waals surface area contributed by atoms with Crippen molar-refractivity contribution in [2.45, 2.75) is 0 Å². The Labute approximate surface area is 181 Å². The number of fused-ring (bicyclic) bond motifs is 1. The van der Waals surface area contributed by atoms with E-state index in [1.165, 1.54) is 0 Å². The molecule has 0 radical (unpaired) electrons. The molecule has 6 nitrogen and oxygen atoms in total. The van der Waals surface area contributed by atoms with E-state index in [-0.39, 0.29) is 11.9 Å². The molecule has 1 aliphatic rings. The van der Waals surface area contributed by atoms with E-state index in [0.717, 1.165) is 20.2 Å². The Kier molecular flexibility index (Phi) is 5.45. The minimum absolute atomic E-state index is 0.0648. The van der Waals surface area contributed by atoms with Crippen LogP contribution in [0.1, 0.15) is 10.5 Å². The average Bonchev–Trinajstić information content (AvgIpc) is 3.10. The van der Waals surface area contributed by atoms with Gasteiger partial charge in [0, 0.05) is 51.4 Å². The number of aromatic amines is 1. The quantitative estimate of drug-likeness (QED) is 0.504. The van der Waals surface area contributed by atoms with Crippen molar-refractivity contribution >= 4 is 62.7 Å². The van der Waals surface area contributed by atoms with Gasteiger partial charge in [0.1, 0.15) is 5.69 Å². The van der Waals surface area contributed by atoms with Crippen molar-refractivity contribution in [1.82, 2.24) is 14.8 Å². The fourth-order valence-corrected chi connectivity index (χ4v) is 3.99. The van der Waals surface area contributed by atoms with Crippen LogP contribution < -0.4 is 5.32 Å². The Bertz CT molecular complexity index is 1040. The van der Waals surface area contributed by atoms with Gasteiger partial charge in [0.05, 0.1) is 0 Å². The molecule has 3 aromatic rings. The number of carbonyl (C=O) groups is 2. The third kappa shape index (κ3) is 4.10. The molecular weight excluding hydrogens is 491 g/mol. The number of aromatic nitrogens is 1. The zero-order valence-corrected chi connectivity index (χ0v) is 17.8. The van der Waals surface area contributed by atoms with Crippen LogP contribution in [0.4, 0.5) is 10.5 Å². The van der Waals surface area contributed by atoms with Gasteiger partial charge in [0.15, 0.2) is 0 Å². The van der Waals surface area contributed by atoms with Crippen molar-refractivity contribution < 1.29 is 9.59 Å². The number of hydrogen-bond acceptors (Lipinski definition) is 2. The van der Waals surface area contributed by atoms with Gasteiger partial charge >= 0.3 is 6.03 Å². The Morgan fingerprint density at radius 3 is 2.50 bits per heavy atom. The molecule has 28 heavy (non-hydrogen) atoms. The van der Waals surface area contributed by atoms with Crippen molar-refractivity contribution in [2.75, 3.05) is 31.5 Å². The number of nitrogens with zero attached hydrogens (tertiary/aromatic N) is 2. The normalized spacial score (nSPS) is 14.4. The van der Waals surface area contributed by atoms with E-state index in [4.69, 9.17) is 11.6 Å². The molecule has 0 saturated carbocycles. The lowest BCUT2D eigenvalue weighted by Crippen LogP contribution is -2.51. The van der Waals surface area contributed by atoms with Crippen LogP contribution in [-0.2, 0) is 0 Å². The van der Waals surface area contributed by atoms with Gasteiger partial charge in [-0.15, -0.1) is 0 Å². The van der Waals surface area contributed by atoms with Crippen LogP contribution in [0.15, 0.2) is 48.5 Å². The van der Waals surface area contributed by atoms with Crippen molar-refractivity contribution in [1.29, 1.82) is 0 Å². The van der Waals surface area contributed by atoms with Gasteiger partial charge in [-0.05, 0) is 65.1 Å². The first kappa shape index (κ1) is 19.1. The number of nitrogens with one attached hydrogen (secondary N) is 2. The number of carbonyl (C=O) groups excluding carboxylic acids is 2. The van der Waals surface area contributed by atoms with Gasteiger partial charge in [-0.2, -0.15) is 0 Å². The maximum atomic E-state index is 12.8. The predicted molar refractivity (Wildman–Crippen MR) is 119 cm³/mol. The van der Waals surface area contributed by atoms with E-state index in [9.17, 15) is 9.59 Å². The molecule has 1 fully saturated rings. The van der Waals surface area contributed by atoms with E-state index in [1.54, 1.807) is 15.9 Å². The predicted octanol–water partition coefficient (Wildman–Crippen LogP) is 4.42. The Morgan fingerprint density at radius 2 is 1.75 bits per heavy atom. The molecule has 144 valence electrons. The monoisotopic (exact) mass is 508 g/mol. The molecular formula is C20H18ClIN4O2. The highest BCUT2D eigenvalue weighted by Crippen LogP contribution is 2.21. The number of amides is 3. The molecule has 1 saturated heterocycles. The summed E-state index contributed by atoms with van der Waals surface area (Å²) in [6.07, 6.45) is 0. The third-order valence-electron chi connectivity index (χ3n) is 4.74. The van der Waals surface area contributed by atoms with E-state index in [1.807, 2.05) is 42.5 Å². The third-order valence-corrected chi connectivity index (χ3v) is 5.65. The Balaban J connectivity index is 1.37. The molecule has 4 rings (SSSR count). The molecule has 0 unspecified atom stereocenters. The van der Waals surface area contributed by atoms with Crippen LogP contribution in [0, 0.1) is 3.57 Å². The molecule has 2 aromatic carbocycles. The number of piperazine rings is 1. The van der Waals surface area contributed by atoms with Gasteiger partial charge in [-0.25, -0.2) is 4.79 Å². The molecule has 8 heteroatoms. The molecule has 2 heterocycles. The number of benzene rings is 2. The maximum absolute atomic E-state index is 12.8. The van der Waals surface area contributed by atoms with Gasteiger partial charge in [0.2, 0.25) is 0 Å². The number of hydrogen-bond donors (Lipinski definition) is 2. The van der Waals surface area contributed by atoms with Gasteiger partial charge < -0.3 is 20.1 Å². The van der Waals surface area contributed by atoms with Gasteiger partial charge in [-0.3, -0.25) is 4.79 Å². The summed E-state index contributed by atoms with van der Waals surface area (Å²) in [5.41, 5.74) is 2.18. The Hall–Kier alpha value is -2.26. The number of anilines is 1. The number of rotatable bonds is 2. The fraction of sp³-hybridized carbons (Fsp3) is 0.200. The van der Waals surface area contributed by atoms with Crippen LogP contribution in [0.2, 0.25) is 5.02 Å². The lowest BCUT2D eigenvalue weighted by atomic mass is 10.2. The number of urea groups is 1. The second kappa shape index (κ2) is 8.00. The second-order valence-corrected chi connectivity index (χ2v) is 8.32. The number of H-pyrrole nitrogens is 1. The highest BCUT2D eigenvalue weighted by molar-refractivity contribution is 14.1. The van der Waals surface area contributed by atoms with Gasteiger partial charge in [-0.1, -0.05) is 17.7 Å². The zero-order chi connectivity index (χ0) is 19.7. The molecule has 3 amide bonds. The number of halogens is 2. The molecule has 2 N–H and O–H groups in total. The lowest BCUT2D eigenvalue weighted by molar-refractivity contribution is 0.0667. The highest BCUT2D eigenvalue weighted by Gasteiger charge is 2.25. The van der Waals surface area contributed by atoms with Crippen molar-refractivity contribution in [2.24, 2.45) is 0 Å². The van der Waals surface area contributed by atoms with E-state index < -0.39 is 0 Å². The van der Waals surface area contributed by atoms with Crippen LogP contribution in [0.3, 0.4) is 0 Å². The second-order valence-electron chi connectivity index (χ2n) is 6.63. The minimum Gasteiger partial charge on any atom is -0.351 e. The SMILES string of the molecule is O=C(Nc1cccc(I)c1)N1CCN(C(=O)c2cc3cc(Cl)ccc3[nH]2)CC1. The van der Waals surface area contributed by atoms with Crippen LogP contribution in [0.25, 0.3) is 10.9 Å². The smallest absolute Gasteiger partial charge is 0.321 e. The van der Waals surface area contributed by atoms with Crippen molar-refractivity contribution in [3.8, 4) is 0 Å². The first-order chi connectivity index (χ1) is 13.5. The standard InChI is InChI=1S/C20H18ClIN4O2/c21-14-4-5-17-13(10-14)11-18(24-17)19(27)25-6-8-26(9-7-25)20(28)23-16-3-1-2-15(22)12-16/h1-5,10-12,24H,6-9H2,(H,23,28). The molecule has 0 aliphatic carbocycles. The van der Waals surface area contributed by atoms with E-state index in [0.29, 0.717) is 36.9 Å². The summed E-state index contributed by atoms with van der Waals surface area (Å²) in [5, 5.41) is 4.46. The topological polar surface area (TPSA) is 68.4 Å². The first-order valence-electron chi connectivity index (χ1n) is 8.89. The molecule has 0 bridgehead atoms. The summed E-state index contributed by atoms with van der Waals surface area (Å²) in [5.74, 6) is -0.0648. The molecule has 0 atom stereocenters. The summed E-state index contributed by atoms with van der Waals surface area (Å²) < 4.78 is 1.06. The van der Waals surface area contributed by atoms with Crippen molar-refractivity contribution in [3.05, 3.63) is 62.8 Å². The summed E-state index contributed by atoms with van der Waals surface area (Å²) in [7, 11) is 0. The largest absolute Gasteiger partial charge is 0.351 e. The maximum Gasteiger partial charge on any atom is 0.321 e. The van der Waals surface area contributed by atoms with Crippen LogP contribution in [-0.4, -0.2) is 52.9 Å². The van der Waals surface area contributed by atoms with E-state index >= 15 is 0 Å².